The van der Waals surface area contributed by atoms with Crippen molar-refractivity contribution < 1.29 is 19.7 Å². The van der Waals surface area contributed by atoms with Gasteiger partial charge in [0, 0.05) is 11.9 Å². The highest BCUT2D eigenvalue weighted by Gasteiger charge is 2.19. The number of methoxy groups -OCH3 is 1. The Labute approximate surface area is 129 Å². The molecule has 1 aromatic carbocycles. The van der Waals surface area contributed by atoms with Crippen LogP contribution in [0.25, 0.3) is 10.9 Å². The SMILES string of the molecule is COC(=O)c1nc2ccccc2c(NCC(O)CO)c1Br. The Bertz CT molecular complexity index is 663. The molecule has 7 heteroatoms. The fraction of sp³-hybridized carbons (Fsp3) is 0.286. The molecular formula is C14H15BrN2O4. The van der Waals surface area contributed by atoms with E-state index >= 15 is 0 Å². The Morgan fingerprint density at radius 2 is 2.19 bits per heavy atom. The summed E-state index contributed by atoms with van der Waals surface area (Å²) in [6.45, 7) is -0.207. The molecule has 21 heavy (non-hydrogen) atoms. The zero-order valence-electron chi connectivity index (χ0n) is 11.3. The van der Waals surface area contributed by atoms with E-state index in [9.17, 15) is 9.90 Å². The molecule has 2 rings (SSSR count). The molecule has 0 radical (unpaired) electrons. The van der Waals surface area contributed by atoms with Crippen molar-refractivity contribution >= 4 is 38.5 Å². The molecule has 6 nitrogen and oxygen atoms in total. The van der Waals surface area contributed by atoms with Crippen molar-refractivity contribution in [2.24, 2.45) is 0 Å². The first-order chi connectivity index (χ1) is 10.1. The number of pyridine rings is 1. The second kappa shape index (κ2) is 6.84. The van der Waals surface area contributed by atoms with Crippen molar-refractivity contribution in [2.45, 2.75) is 6.10 Å². The standard InChI is InChI=1S/C14H15BrN2O4/c1-21-14(20)13-11(15)12(16-6-8(19)7-18)9-4-2-3-5-10(9)17-13/h2-5,8,18-19H,6-7H2,1H3,(H,16,17). The summed E-state index contributed by atoms with van der Waals surface area (Å²) in [4.78, 5) is 16.1. The van der Waals surface area contributed by atoms with Gasteiger partial charge in [-0.3, -0.25) is 0 Å². The number of aromatic nitrogens is 1. The molecule has 0 bridgehead atoms. The van der Waals surface area contributed by atoms with Gasteiger partial charge in [-0.05, 0) is 22.0 Å². The van der Waals surface area contributed by atoms with Crippen LogP contribution < -0.4 is 5.32 Å². The van der Waals surface area contributed by atoms with Crippen LogP contribution in [0.2, 0.25) is 0 Å². The van der Waals surface area contributed by atoms with Gasteiger partial charge in [-0.2, -0.15) is 0 Å². The first-order valence-electron chi connectivity index (χ1n) is 6.27. The average Bonchev–Trinajstić information content (AvgIpc) is 2.52. The minimum Gasteiger partial charge on any atom is -0.464 e. The van der Waals surface area contributed by atoms with Gasteiger partial charge in [-0.1, -0.05) is 18.2 Å². The maximum atomic E-state index is 11.8. The highest BCUT2D eigenvalue weighted by Crippen LogP contribution is 2.33. The molecule has 112 valence electrons. The number of carbonyl (C=O) groups is 1. The highest BCUT2D eigenvalue weighted by molar-refractivity contribution is 9.10. The lowest BCUT2D eigenvalue weighted by molar-refractivity contribution is 0.0593. The number of fused-ring (bicyclic) bond motifs is 1. The Morgan fingerprint density at radius 3 is 2.86 bits per heavy atom. The van der Waals surface area contributed by atoms with Crippen molar-refractivity contribution in [2.75, 3.05) is 25.6 Å². The van der Waals surface area contributed by atoms with E-state index in [2.05, 4.69) is 26.2 Å². The highest BCUT2D eigenvalue weighted by atomic mass is 79.9. The Kier molecular flexibility index (Phi) is 5.11. The number of nitrogens with zero attached hydrogens (tertiary/aromatic N) is 1. The van der Waals surface area contributed by atoms with E-state index in [0.29, 0.717) is 15.7 Å². The van der Waals surface area contributed by atoms with E-state index in [1.165, 1.54) is 7.11 Å². The maximum absolute atomic E-state index is 11.8. The lowest BCUT2D eigenvalue weighted by atomic mass is 10.1. The molecule has 0 aliphatic rings. The summed E-state index contributed by atoms with van der Waals surface area (Å²) in [7, 11) is 1.29. The fourth-order valence-corrected chi connectivity index (χ4v) is 2.48. The summed E-state index contributed by atoms with van der Waals surface area (Å²) in [6.07, 6.45) is -0.898. The number of rotatable bonds is 5. The van der Waals surface area contributed by atoms with Crippen LogP contribution in [-0.4, -0.2) is 47.5 Å². The van der Waals surface area contributed by atoms with Crippen LogP contribution in [0.4, 0.5) is 5.69 Å². The quantitative estimate of drug-likeness (QED) is 0.705. The van der Waals surface area contributed by atoms with Gasteiger partial charge in [0.25, 0.3) is 0 Å². The van der Waals surface area contributed by atoms with Gasteiger partial charge in [0.05, 0.1) is 35.5 Å². The number of para-hydroxylation sites is 1. The van der Waals surface area contributed by atoms with Crippen LogP contribution >= 0.6 is 15.9 Å². The van der Waals surface area contributed by atoms with Gasteiger partial charge in [-0.25, -0.2) is 9.78 Å². The van der Waals surface area contributed by atoms with Crippen LogP contribution in [0, 0.1) is 0 Å². The van der Waals surface area contributed by atoms with E-state index in [1.807, 2.05) is 18.2 Å². The third-order valence-electron chi connectivity index (χ3n) is 2.94. The number of aliphatic hydroxyl groups is 2. The number of hydrogen-bond donors (Lipinski definition) is 3. The minimum absolute atomic E-state index is 0.143. The molecule has 1 unspecified atom stereocenters. The number of ether oxygens (including phenoxy) is 1. The van der Waals surface area contributed by atoms with Crippen molar-refractivity contribution in [1.29, 1.82) is 0 Å². The second-order valence-electron chi connectivity index (χ2n) is 4.38. The summed E-state index contributed by atoms with van der Waals surface area (Å²) in [6, 6.07) is 7.29. The first-order valence-corrected chi connectivity index (χ1v) is 7.07. The Morgan fingerprint density at radius 1 is 1.48 bits per heavy atom. The number of halogens is 1. The average molecular weight is 355 g/mol. The van der Waals surface area contributed by atoms with Crippen molar-refractivity contribution in [3.05, 3.63) is 34.4 Å². The normalized spacial score (nSPS) is 12.2. The third kappa shape index (κ3) is 3.31. The topological polar surface area (TPSA) is 91.7 Å². The fourth-order valence-electron chi connectivity index (χ4n) is 1.88. The number of carbonyl (C=O) groups excluding carboxylic acids is 1. The molecule has 2 aromatic rings. The zero-order valence-corrected chi connectivity index (χ0v) is 12.9. The van der Waals surface area contributed by atoms with E-state index in [0.717, 1.165) is 5.39 Å². The van der Waals surface area contributed by atoms with E-state index < -0.39 is 12.1 Å². The predicted molar refractivity (Wildman–Crippen MR) is 82.4 cm³/mol. The molecule has 0 spiro atoms. The van der Waals surface area contributed by atoms with Crippen LogP contribution in [0.15, 0.2) is 28.7 Å². The van der Waals surface area contributed by atoms with Crippen LogP contribution in [-0.2, 0) is 4.74 Å². The van der Waals surface area contributed by atoms with E-state index in [1.54, 1.807) is 6.07 Å². The molecule has 0 saturated carbocycles. The maximum Gasteiger partial charge on any atom is 0.357 e. The predicted octanol–water partition coefficient (Wildman–Crippen LogP) is 1.55. The van der Waals surface area contributed by atoms with Gasteiger partial charge >= 0.3 is 5.97 Å². The monoisotopic (exact) mass is 354 g/mol. The molecular weight excluding hydrogens is 340 g/mol. The molecule has 0 saturated heterocycles. The molecule has 0 aliphatic heterocycles. The molecule has 3 N–H and O–H groups in total. The summed E-state index contributed by atoms with van der Waals surface area (Å²) in [5.74, 6) is -0.557. The van der Waals surface area contributed by atoms with Crippen molar-refractivity contribution in [3.63, 3.8) is 0 Å². The smallest absolute Gasteiger partial charge is 0.357 e. The number of esters is 1. The van der Waals surface area contributed by atoms with Gasteiger partial charge in [-0.15, -0.1) is 0 Å². The number of hydrogen-bond acceptors (Lipinski definition) is 6. The van der Waals surface area contributed by atoms with Crippen LogP contribution in [0.1, 0.15) is 10.5 Å². The number of nitrogens with one attached hydrogen (secondary N) is 1. The second-order valence-corrected chi connectivity index (χ2v) is 5.17. The van der Waals surface area contributed by atoms with Crippen molar-refractivity contribution in [1.82, 2.24) is 4.98 Å². The first kappa shape index (κ1) is 15.7. The lowest BCUT2D eigenvalue weighted by Gasteiger charge is -2.15. The molecule has 0 fully saturated rings. The number of benzene rings is 1. The largest absolute Gasteiger partial charge is 0.464 e. The van der Waals surface area contributed by atoms with Crippen LogP contribution in [0.3, 0.4) is 0 Å². The Hall–Kier alpha value is -1.70. The summed E-state index contributed by atoms with van der Waals surface area (Å²) in [5.41, 5.74) is 1.40. The van der Waals surface area contributed by atoms with Gasteiger partial charge < -0.3 is 20.3 Å². The van der Waals surface area contributed by atoms with Crippen LogP contribution in [0.5, 0.6) is 0 Å². The molecule has 1 atom stereocenters. The summed E-state index contributed by atoms with van der Waals surface area (Å²) < 4.78 is 5.18. The minimum atomic E-state index is -0.898. The molecule has 0 aliphatic carbocycles. The molecule has 0 amide bonds. The molecule has 1 heterocycles. The van der Waals surface area contributed by atoms with E-state index in [4.69, 9.17) is 9.84 Å². The Balaban J connectivity index is 2.53. The summed E-state index contributed by atoms with van der Waals surface area (Å²) >= 11 is 3.35. The van der Waals surface area contributed by atoms with Gasteiger partial charge in [0.15, 0.2) is 5.69 Å². The number of anilines is 1. The number of aliphatic hydroxyl groups excluding tert-OH is 2. The molecule has 1 aromatic heterocycles. The zero-order chi connectivity index (χ0) is 15.4. The van der Waals surface area contributed by atoms with Crippen molar-refractivity contribution in [3.8, 4) is 0 Å². The van der Waals surface area contributed by atoms with E-state index in [-0.39, 0.29) is 18.8 Å². The van der Waals surface area contributed by atoms with Gasteiger partial charge in [0.1, 0.15) is 0 Å². The summed E-state index contributed by atoms with van der Waals surface area (Å²) in [5, 5.41) is 22.2. The lowest BCUT2D eigenvalue weighted by Crippen LogP contribution is -2.23. The third-order valence-corrected chi connectivity index (χ3v) is 3.71. The van der Waals surface area contributed by atoms with Gasteiger partial charge in [0.2, 0.25) is 0 Å².